The van der Waals surface area contributed by atoms with E-state index in [4.69, 9.17) is 19.5 Å². The molecule has 2 aromatic rings. The number of rotatable bonds is 11. The maximum atomic E-state index is 12.8. The molecule has 1 saturated heterocycles. The first-order valence-corrected chi connectivity index (χ1v) is 12.3. The molecule has 9 heteroatoms. The number of benzene rings is 2. The van der Waals surface area contributed by atoms with Crippen molar-refractivity contribution in [2.24, 2.45) is 0 Å². The van der Waals surface area contributed by atoms with Crippen LogP contribution in [0.3, 0.4) is 0 Å². The van der Waals surface area contributed by atoms with Gasteiger partial charge in [-0.25, -0.2) is 0 Å². The van der Waals surface area contributed by atoms with Crippen molar-refractivity contribution in [3.63, 3.8) is 0 Å². The van der Waals surface area contributed by atoms with Crippen LogP contribution in [-0.4, -0.2) is 60.6 Å². The molecular weight excluding hydrogens is 462 g/mol. The topological polar surface area (TPSA) is 121 Å². The summed E-state index contributed by atoms with van der Waals surface area (Å²) in [6, 6.07) is 11.2. The summed E-state index contributed by atoms with van der Waals surface area (Å²) in [5.41, 5.74) is 1.16. The van der Waals surface area contributed by atoms with Crippen LogP contribution in [-0.2, 0) is 4.79 Å². The number of hydrogen-bond acceptors (Lipinski definition) is 8. The van der Waals surface area contributed by atoms with Crippen molar-refractivity contribution in [1.29, 1.82) is 5.26 Å². The van der Waals surface area contributed by atoms with Gasteiger partial charge < -0.3 is 29.5 Å². The minimum Gasteiger partial charge on any atom is -0.486 e. The van der Waals surface area contributed by atoms with Crippen molar-refractivity contribution in [2.45, 2.75) is 44.2 Å². The predicted molar refractivity (Wildman–Crippen MR) is 131 cm³/mol. The van der Waals surface area contributed by atoms with Gasteiger partial charge in [0.15, 0.2) is 17.3 Å². The molecule has 4 rings (SSSR count). The van der Waals surface area contributed by atoms with Crippen LogP contribution in [0.2, 0.25) is 0 Å². The lowest BCUT2D eigenvalue weighted by molar-refractivity contribution is -0.123. The second-order valence-corrected chi connectivity index (χ2v) is 9.02. The second-order valence-electron chi connectivity index (χ2n) is 9.02. The number of aliphatic hydroxyl groups excluding tert-OH is 1. The summed E-state index contributed by atoms with van der Waals surface area (Å²) in [4.78, 5) is 27.5. The van der Waals surface area contributed by atoms with E-state index in [9.17, 15) is 14.7 Å². The molecule has 1 fully saturated rings. The summed E-state index contributed by atoms with van der Waals surface area (Å²) in [5.74, 6) is 1.32. The molecule has 2 aliphatic rings. The van der Waals surface area contributed by atoms with Crippen LogP contribution >= 0.6 is 0 Å². The fourth-order valence-corrected chi connectivity index (χ4v) is 4.54. The predicted octanol–water partition coefficient (Wildman–Crippen LogP) is 2.98. The zero-order chi connectivity index (χ0) is 25.3. The number of ketones is 1. The normalized spacial score (nSPS) is 16.6. The first kappa shape index (κ1) is 25.5. The highest BCUT2D eigenvalue weighted by molar-refractivity contribution is 5.96. The fraction of sp³-hybridized carbons (Fsp3) is 0.444. The Labute approximate surface area is 210 Å². The van der Waals surface area contributed by atoms with Gasteiger partial charge in [-0.05, 0) is 74.3 Å². The van der Waals surface area contributed by atoms with Gasteiger partial charge in [0.25, 0.3) is 6.26 Å². The molecule has 0 aliphatic carbocycles. The summed E-state index contributed by atoms with van der Waals surface area (Å²) in [7, 11) is 0. The molecule has 36 heavy (non-hydrogen) atoms. The van der Waals surface area contributed by atoms with E-state index in [1.165, 1.54) is 0 Å². The van der Waals surface area contributed by atoms with Crippen molar-refractivity contribution in [2.75, 3.05) is 32.8 Å². The van der Waals surface area contributed by atoms with E-state index in [0.29, 0.717) is 54.6 Å². The number of nitrogens with one attached hydrogen (secondary N) is 1. The maximum absolute atomic E-state index is 12.8. The molecule has 0 radical (unpaired) electrons. The minimum absolute atomic E-state index is 0.0868. The Morgan fingerprint density at radius 1 is 1.06 bits per heavy atom. The first-order chi connectivity index (χ1) is 17.5. The quantitative estimate of drug-likeness (QED) is 0.362. The Hall–Kier alpha value is -3.61. The standard InChI is InChI=1S/C27H31N3O6/c28-18-36-21-9-6-19(7-10-21)23(31)4-3-5-26(32)29-22(17-30-12-1-2-13-30)27(33)20-8-11-24-25(16-20)35-15-14-34-24/h6-11,16,22,27,33H,1-5,12-15,17H2,(H,29,32)/t22?,27-/m1/s1. The average Bonchev–Trinajstić information content (AvgIpc) is 3.41. The van der Waals surface area contributed by atoms with Gasteiger partial charge in [-0.1, -0.05) is 6.07 Å². The molecule has 1 unspecified atom stereocenters. The Morgan fingerprint density at radius 2 is 1.78 bits per heavy atom. The highest BCUT2D eigenvalue weighted by Gasteiger charge is 2.28. The Morgan fingerprint density at radius 3 is 2.50 bits per heavy atom. The van der Waals surface area contributed by atoms with E-state index in [1.807, 2.05) is 0 Å². The summed E-state index contributed by atoms with van der Waals surface area (Å²) >= 11 is 0. The van der Waals surface area contributed by atoms with Crippen molar-refractivity contribution in [3.05, 3.63) is 53.6 Å². The molecule has 2 aliphatic heterocycles. The summed E-state index contributed by atoms with van der Waals surface area (Å²) in [5, 5.41) is 22.7. The monoisotopic (exact) mass is 493 g/mol. The number of amides is 1. The van der Waals surface area contributed by atoms with Crippen LogP contribution in [0.25, 0.3) is 0 Å². The van der Waals surface area contributed by atoms with Crippen molar-refractivity contribution < 1.29 is 28.9 Å². The van der Waals surface area contributed by atoms with Gasteiger partial charge >= 0.3 is 0 Å². The molecule has 0 spiro atoms. The summed E-state index contributed by atoms with van der Waals surface area (Å²) in [6.07, 6.45) is 3.65. The minimum atomic E-state index is -0.916. The van der Waals surface area contributed by atoms with Crippen LogP contribution < -0.4 is 19.5 Å². The summed E-state index contributed by atoms with van der Waals surface area (Å²) < 4.78 is 15.9. The lowest BCUT2D eigenvalue weighted by Crippen LogP contribution is -2.46. The molecule has 0 bridgehead atoms. The molecule has 190 valence electrons. The van der Waals surface area contributed by atoms with Crippen molar-refractivity contribution in [3.8, 4) is 23.5 Å². The van der Waals surface area contributed by atoms with Gasteiger partial charge in [-0.3, -0.25) is 9.59 Å². The molecular formula is C27H31N3O6. The van der Waals surface area contributed by atoms with E-state index in [1.54, 1.807) is 48.7 Å². The van der Waals surface area contributed by atoms with Crippen molar-refractivity contribution >= 4 is 11.7 Å². The lowest BCUT2D eigenvalue weighted by Gasteiger charge is -2.29. The number of nitrogens with zero attached hydrogens (tertiary/aromatic N) is 2. The SMILES string of the molecule is N#COc1ccc(C(=O)CCCC(=O)NC(CN2CCCC2)[C@H](O)c2ccc3c(c2)OCCO3)cc1. The molecule has 0 saturated carbocycles. The molecule has 2 aromatic carbocycles. The molecule has 0 aromatic heterocycles. The summed E-state index contributed by atoms with van der Waals surface area (Å²) in [6.45, 7) is 3.36. The van der Waals surface area contributed by atoms with E-state index in [2.05, 4.69) is 10.2 Å². The highest BCUT2D eigenvalue weighted by atomic mass is 16.6. The third-order valence-electron chi connectivity index (χ3n) is 6.44. The largest absolute Gasteiger partial charge is 0.486 e. The third kappa shape index (κ3) is 6.74. The zero-order valence-electron chi connectivity index (χ0n) is 20.2. The molecule has 9 nitrogen and oxygen atoms in total. The highest BCUT2D eigenvalue weighted by Crippen LogP contribution is 2.33. The third-order valence-corrected chi connectivity index (χ3v) is 6.44. The number of hydrogen-bond donors (Lipinski definition) is 2. The average molecular weight is 494 g/mol. The van der Waals surface area contributed by atoms with Gasteiger partial charge in [-0.15, -0.1) is 5.26 Å². The Kier molecular flexibility index (Phi) is 8.76. The van der Waals surface area contributed by atoms with Crippen molar-refractivity contribution in [1.82, 2.24) is 10.2 Å². The number of likely N-dealkylation sites (tertiary alicyclic amines) is 1. The molecule has 2 atom stereocenters. The number of ether oxygens (including phenoxy) is 3. The lowest BCUT2D eigenvalue weighted by atomic mass is 10.00. The van der Waals surface area contributed by atoms with Crippen LogP contribution in [0.5, 0.6) is 17.2 Å². The van der Waals surface area contributed by atoms with Crippen LogP contribution in [0.4, 0.5) is 0 Å². The first-order valence-electron chi connectivity index (χ1n) is 12.3. The number of aliphatic hydroxyl groups is 1. The number of nitriles is 1. The van der Waals surface area contributed by atoms with E-state index in [-0.39, 0.29) is 24.5 Å². The molecule has 1 amide bonds. The van der Waals surface area contributed by atoms with Crippen LogP contribution in [0.1, 0.15) is 54.1 Å². The van der Waals surface area contributed by atoms with E-state index in [0.717, 1.165) is 25.9 Å². The smallest absolute Gasteiger partial charge is 0.292 e. The van der Waals surface area contributed by atoms with Gasteiger partial charge in [0.2, 0.25) is 5.91 Å². The van der Waals surface area contributed by atoms with Gasteiger partial charge in [0, 0.05) is 24.9 Å². The number of carbonyl (C=O) groups excluding carboxylic acids is 2. The van der Waals surface area contributed by atoms with Gasteiger partial charge in [0.05, 0.1) is 6.04 Å². The van der Waals surface area contributed by atoms with Crippen LogP contribution in [0, 0.1) is 11.5 Å². The van der Waals surface area contributed by atoms with E-state index >= 15 is 0 Å². The van der Waals surface area contributed by atoms with E-state index < -0.39 is 12.1 Å². The Balaban J connectivity index is 1.33. The maximum Gasteiger partial charge on any atom is 0.292 e. The zero-order valence-corrected chi connectivity index (χ0v) is 20.2. The molecule has 2 N–H and O–H groups in total. The fourth-order valence-electron chi connectivity index (χ4n) is 4.54. The van der Waals surface area contributed by atoms with Gasteiger partial charge in [-0.2, -0.15) is 0 Å². The number of carbonyl (C=O) groups is 2. The second kappa shape index (κ2) is 12.4. The number of fused-ring (bicyclic) bond motifs is 1. The van der Waals surface area contributed by atoms with Gasteiger partial charge in [0.1, 0.15) is 25.1 Å². The number of Topliss-reactive ketones (excluding diaryl/α,β-unsaturated/α-hetero) is 1. The Bertz CT molecular complexity index is 1090. The van der Waals surface area contributed by atoms with Crippen LogP contribution in [0.15, 0.2) is 42.5 Å². The molecule has 2 heterocycles.